The number of benzene rings is 1. The molecule has 1 aliphatic heterocycles. The van der Waals surface area contributed by atoms with E-state index in [2.05, 4.69) is 17.3 Å². The number of para-hydroxylation sites is 1. The van der Waals surface area contributed by atoms with Gasteiger partial charge >= 0.3 is 0 Å². The first-order valence-electron chi connectivity index (χ1n) is 9.63. The fraction of sp³-hybridized carbons (Fsp3) is 0.526. The molecule has 7 nitrogen and oxygen atoms in total. The molecule has 27 heavy (non-hydrogen) atoms. The molecular formula is C19H30N6OS+2. The molecule has 0 spiro atoms. The first-order chi connectivity index (χ1) is 13.0. The van der Waals surface area contributed by atoms with Gasteiger partial charge in [-0.15, -0.1) is 0 Å². The number of nitrogens with zero attached hydrogens (tertiary/aromatic N) is 3. The van der Waals surface area contributed by atoms with Gasteiger partial charge in [0, 0.05) is 12.2 Å². The van der Waals surface area contributed by atoms with E-state index in [1.165, 1.54) is 9.80 Å². The zero-order chi connectivity index (χ0) is 19.4. The van der Waals surface area contributed by atoms with Crippen LogP contribution in [0.1, 0.15) is 18.1 Å². The van der Waals surface area contributed by atoms with Gasteiger partial charge in [-0.25, -0.2) is 0 Å². The van der Waals surface area contributed by atoms with E-state index in [1.54, 1.807) is 6.33 Å². The van der Waals surface area contributed by atoms with Gasteiger partial charge in [-0.3, -0.25) is 4.79 Å². The normalized spacial score (nSPS) is 19.8. The number of carbonyl (C=O) groups excluding carboxylic acids is 1. The molecule has 0 unspecified atom stereocenters. The Kier molecular flexibility index (Phi) is 6.41. The number of quaternary nitrogens is 2. The third-order valence-corrected chi connectivity index (χ3v) is 5.78. The highest BCUT2D eigenvalue weighted by Crippen LogP contribution is 2.18. The fourth-order valence-electron chi connectivity index (χ4n) is 3.62. The Bertz CT molecular complexity index is 830. The molecule has 2 aromatic rings. The zero-order valence-corrected chi connectivity index (χ0v) is 17.2. The van der Waals surface area contributed by atoms with Crippen LogP contribution >= 0.6 is 12.2 Å². The van der Waals surface area contributed by atoms with Crippen LogP contribution in [-0.2, 0) is 18.0 Å². The van der Waals surface area contributed by atoms with Crippen molar-refractivity contribution in [1.29, 1.82) is 0 Å². The van der Waals surface area contributed by atoms with Crippen molar-refractivity contribution in [3.05, 3.63) is 40.4 Å². The predicted octanol–water partition coefficient (Wildman–Crippen LogP) is -0.570. The molecule has 1 saturated heterocycles. The highest BCUT2D eigenvalue weighted by molar-refractivity contribution is 7.71. The van der Waals surface area contributed by atoms with Gasteiger partial charge in [0.2, 0.25) is 4.77 Å². The maximum absolute atomic E-state index is 12.5. The SMILES string of the molecule is CCn1cnn(C[NH+]2CC[NH+](CC(=O)Nc3c(C)cccc3C)CC2)c1=S. The number of piperazine rings is 1. The van der Waals surface area contributed by atoms with Gasteiger partial charge in [0.05, 0.1) is 0 Å². The Labute approximate surface area is 165 Å². The van der Waals surface area contributed by atoms with Crippen LogP contribution in [0.3, 0.4) is 0 Å². The second-order valence-electron chi connectivity index (χ2n) is 7.35. The highest BCUT2D eigenvalue weighted by atomic mass is 32.1. The molecule has 0 aliphatic carbocycles. The molecule has 0 atom stereocenters. The van der Waals surface area contributed by atoms with E-state index in [1.807, 2.05) is 41.3 Å². The number of rotatable bonds is 6. The van der Waals surface area contributed by atoms with Gasteiger partial charge in [-0.1, -0.05) is 18.2 Å². The lowest BCUT2D eigenvalue weighted by molar-refractivity contribution is -1.02. The molecule has 8 heteroatoms. The van der Waals surface area contributed by atoms with Gasteiger partial charge in [-0.2, -0.15) is 9.78 Å². The minimum Gasteiger partial charge on any atom is -0.321 e. The number of aromatic nitrogens is 3. The predicted molar refractivity (Wildman–Crippen MR) is 108 cm³/mol. The van der Waals surface area contributed by atoms with Crippen molar-refractivity contribution in [1.82, 2.24) is 14.3 Å². The fourth-order valence-corrected chi connectivity index (χ4v) is 3.91. The molecule has 1 aromatic heterocycles. The highest BCUT2D eigenvalue weighted by Gasteiger charge is 2.25. The smallest absolute Gasteiger partial charge is 0.279 e. The average Bonchev–Trinajstić information content (AvgIpc) is 3.00. The average molecular weight is 391 g/mol. The minimum atomic E-state index is 0.0924. The summed E-state index contributed by atoms with van der Waals surface area (Å²) in [4.78, 5) is 15.3. The Morgan fingerprint density at radius 1 is 1.19 bits per heavy atom. The molecule has 0 radical (unpaired) electrons. The first-order valence-corrected chi connectivity index (χ1v) is 10.0. The summed E-state index contributed by atoms with van der Waals surface area (Å²) in [5.41, 5.74) is 3.17. The van der Waals surface area contributed by atoms with Crippen LogP contribution in [0.25, 0.3) is 0 Å². The first kappa shape index (κ1) is 19.7. The molecule has 0 saturated carbocycles. The minimum absolute atomic E-state index is 0.0924. The number of carbonyl (C=O) groups is 1. The van der Waals surface area contributed by atoms with Crippen LogP contribution in [0.15, 0.2) is 24.5 Å². The van der Waals surface area contributed by atoms with Crippen LogP contribution < -0.4 is 15.1 Å². The molecule has 1 aliphatic rings. The summed E-state index contributed by atoms with van der Waals surface area (Å²) in [6.45, 7) is 12.3. The molecule has 2 heterocycles. The maximum Gasteiger partial charge on any atom is 0.279 e. The number of hydrogen-bond donors (Lipinski definition) is 3. The van der Waals surface area contributed by atoms with Crippen molar-refractivity contribution in [2.45, 2.75) is 34.0 Å². The molecule has 1 fully saturated rings. The van der Waals surface area contributed by atoms with Gasteiger partial charge in [0.25, 0.3) is 5.91 Å². The van der Waals surface area contributed by atoms with Gasteiger partial charge in [0.15, 0.2) is 13.2 Å². The summed E-state index contributed by atoms with van der Waals surface area (Å²) in [6.07, 6.45) is 1.81. The van der Waals surface area contributed by atoms with Gasteiger partial charge in [-0.05, 0) is 44.1 Å². The van der Waals surface area contributed by atoms with E-state index in [-0.39, 0.29) is 5.91 Å². The summed E-state index contributed by atoms with van der Waals surface area (Å²) in [5, 5.41) is 7.49. The molecule has 1 aromatic carbocycles. The zero-order valence-electron chi connectivity index (χ0n) is 16.4. The third-order valence-electron chi connectivity index (χ3n) is 5.33. The topological polar surface area (TPSA) is 60.7 Å². The number of anilines is 1. The lowest BCUT2D eigenvalue weighted by Crippen LogP contribution is -3.28. The van der Waals surface area contributed by atoms with E-state index in [4.69, 9.17) is 12.2 Å². The quantitative estimate of drug-likeness (QED) is 0.579. The number of aryl methyl sites for hydroxylation is 3. The van der Waals surface area contributed by atoms with E-state index >= 15 is 0 Å². The Morgan fingerprint density at radius 3 is 2.41 bits per heavy atom. The van der Waals surface area contributed by atoms with Crippen LogP contribution in [0.2, 0.25) is 0 Å². The van der Waals surface area contributed by atoms with E-state index < -0.39 is 0 Å². The van der Waals surface area contributed by atoms with Crippen molar-refractivity contribution in [2.24, 2.45) is 0 Å². The lowest BCUT2D eigenvalue weighted by Gasteiger charge is -2.29. The Morgan fingerprint density at radius 2 is 1.81 bits per heavy atom. The van der Waals surface area contributed by atoms with Crippen molar-refractivity contribution in [2.75, 3.05) is 38.0 Å². The molecule has 3 N–H and O–H groups in total. The van der Waals surface area contributed by atoms with Gasteiger partial charge in [0.1, 0.15) is 32.5 Å². The van der Waals surface area contributed by atoms with E-state index in [0.29, 0.717) is 6.54 Å². The third kappa shape index (κ3) is 4.82. The monoisotopic (exact) mass is 390 g/mol. The molecule has 3 rings (SSSR count). The molecule has 1 amide bonds. The van der Waals surface area contributed by atoms with Crippen molar-refractivity contribution < 1.29 is 14.6 Å². The van der Waals surface area contributed by atoms with Crippen LogP contribution in [0.5, 0.6) is 0 Å². The summed E-state index contributed by atoms with van der Waals surface area (Å²) in [5.74, 6) is 0.0924. The van der Waals surface area contributed by atoms with Crippen LogP contribution in [0, 0.1) is 18.6 Å². The summed E-state index contributed by atoms with van der Waals surface area (Å²) < 4.78 is 4.67. The summed E-state index contributed by atoms with van der Waals surface area (Å²) >= 11 is 5.45. The second kappa shape index (κ2) is 8.77. The largest absolute Gasteiger partial charge is 0.321 e. The Balaban J connectivity index is 1.48. The summed E-state index contributed by atoms with van der Waals surface area (Å²) in [7, 11) is 0. The number of amides is 1. The molecular weight excluding hydrogens is 360 g/mol. The summed E-state index contributed by atoms with van der Waals surface area (Å²) in [6, 6.07) is 6.08. The van der Waals surface area contributed by atoms with Gasteiger partial charge < -0.3 is 19.7 Å². The number of hydrogen-bond acceptors (Lipinski definition) is 3. The Hall–Kier alpha value is -2.03. The standard InChI is InChI=1S/C19H28N6OS/c1-4-24-13-20-25(19(24)27)14-23-10-8-22(9-11-23)12-17(26)21-18-15(2)6-5-7-16(18)3/h5-7,13H,4,8-12,14H2,1-3H3,(H,21,26)/p+2. The number of nitrogens with one attached hydrogen (secondary N) is 3. The van der Waals surface area contributed by atoms with Crippen LogP contribution in [0.4, 0.5) is 5.69 Å². The van der Waals surface area contributed by atoms with E-state index in [0.717, 1.165) is 61.0 Å². The maximum atomic E-state index is 12.5. The van der Waals surface area contributed by atoms with E-state index in [9.17, 15) is 4.79 Å². The molecule has 0 bridgehead atoms. The lowest BCUT2D eigenvalue weighted by atomic mass is 10.1. The second-order valence-corrected chi connectivity index (χ2v) is 7.71. The van der Waals surface area contributed by atoms with Crippen molar-refractivity contribution >= 4 is 23.8 Å². The van der Waals surface area contributed by atoms with Crippen LogP contribution in [-0.4, -0.2) is 53.0 Å². The molecule has 146 valence electrons. The van der Waals surface area contributed by atoms with Crippen molar-refractivity contribution in [3.8, 4) is 0 Å². The van der Waals surface area contributed by atoms with Crippen molar-refractivity contribution in [3.63, 3.8) is 0 Å².